The third kappa shape index (κ3) is 5.10. The van der Waals surface area contributed by atoms with E-state index in [4.69, 9.17) is 4.74 Å². The van der Waals surface area contributed by atoms with Gasteiger partial charge in [-0.3, -0.25) is 9.59 Å². The molecular weight excluding hydrogens is 378 g/mol. The summed E-state index contributed by atoms with van der Waals surface area (Å²) in [5.74, 6) is -1.57. The minimum atomic E-state index is -1.04. The molecule has 1 fully saturated rings. The molecule has 0 N–H and O–H groups in total. The summed E-state index contributed by atoms with van der Waals surface area (Å²) in [6, 6.07) is 10.8. The number of benzene rings is 2. The first-order valence-corrected chi connectivity index (χ1v) is 9.72. The second kappa shape index (κ2) is 9.49. The predicted molar refractivity (Wildman–Crippen MR) is 105 cm³/mol. The average Bonchev–Trinajstić information content (AvgIpc) is 2.74. The molecule has 0 radical (unpaired) electrons. The second-order valence-corrected chi connectivity index (χ2v) is 6.84. The van der Waals surface area contributed by atoms with Crippen LogP contribution in [-0.2, 0) is 11.2 Å². The second-order valence-electron chi connectivity index (χ2n) is 6.84. The number of amides is 2. The average molecular weight is 402 g/mol. The highest BCUT2D eigenvalue weighted by molar-refractivity contribution is 5.94. The maximum atomic E-state index is 13.4. The molecule has 0 saturated carbocycles. The monoisotopic (exact) mass is 402 g/mol. The molecule has 0 spiro atoms. The van der Waals surface area contributed by atoms with Gasteiger partial charge in [0.15, 0.2) is 11.6 Å². The summed E-state index contributed by atoms with van der Waals surface area (Å²) in [7, 11) is 0. The number of nitrogens with zero attached hydrogens (tertiary/aromatic N) is 2. The fraction of sp³-hybridized carbons (Fsp3) is 0.364. The van der Waals surface area contributed by atoms with E-state index < -0.39 is 11.6 Å². The Hall–Kier alpha value is -2.96. The van der Waals surface area contributed by atoms with Crippen molar-refractivity contribution in [3.63, 3.8) is 0 Å². The zero-order valence-corrected chi connectivity index (χ0v) is 16.4. The van der Waals surface area contributed by atoms with Crippen LogP contribution in [0.15, 0.2) is 42.5 Å². The van der Waals surface area contributed by atoms with Gasteiger partial charge in [-0.1, -0.05) is 18.2 Å². The summed E-state index contributed by atoms with van der Waals surface area (Å²) in [5, 5.41) is 0. The molecule has 0 aromatic heterocycles. The quantitative estimate of drug-likeness (QED) is 0.745. The fourth-order valence-electron chi connectivity index (χ4n) is 3.38. The molecule has 0 atom stereocenters. The number of piperazine rings is 1. The lowest BCUT2D eigenvalue weighted by atomic mass is 10.1. The van der Waals surface area contributed by atoms with Gasteiger partial charge in [-0.15, -0.1) is 0 Å². The van der Waals surface area contributed by atoms with Crippen molar-refractivity contribution in [1.29, 1.82) is 0 Å². The smallest absolute Gasteiger partial charge is 0.254 e. The van der Waals surface area contributed by atoms with E-state index in [1.165, 1.54) is 6.07 Å². The molecule has 1 aliphatic heterocycles. The maximum Gasteiger partial charge on any atom is 0.254 e. The summed E-state index contributed by atoms with van der Waals surface area (Å²) < 4.78 is 32.0. The van der Waals surface area contributed by atoms with Crippen LogP contribution in [0, 0.1) is 11.6 Å². The topological polar surface area (TPSA) is 49.9 Å². The van der Waals surface area contributed by atoms with E-state index in [2.05, 4.69) is 0 Å². The molecule has 1 aliphatic rings. The molecule has 1 saturated heterocycles. The number of halogens is 2. The maximum absolute atomic E-state index is 13.4. The van der Waals surface area contributed by atoms with Gasteiger partial charge in [0.05, 0.1) is 6.61 Å². The highest BCUT2D eigenvalue weighted by Gasteiger charge is 2.25. The van der Waals surface area contributed by atoms with E-state index in [0.29, 0.717) is 45.6 Å². The standard InChI is InChI=1S/C22H24F2N2O3/c1-2-29-20-6-4-3-5-16(20)8-10-21(27)25-11-13-26(14-12-25)22(28)17-7-9-18(23)19(24)15-17/h3-7,9,15H,2,8,10-14H2,1H3. The molecule has 7 heteroatoms. The largest absolute Gasteiger partial charge is 0.494 e. The van der Waals surface area contributed by atoms with Gasteiger partial charge in [0.1, 0.15) is 5.75 Å². The molecule has 1 heterocycles. The highest BCUT2D eigenvalue weighted by Crippen LogP contribution is 2.20. The first-order chi connectivity index (χ1) is 14.0. The van der Waals surface area contributed by atoms with Gasteiger partial charge >= 0.3 is 0 Å². The Morgan fingerprint density at radius 1 is 0.966 bits per heavy atom. The van der Waals surface area contributed by atoms with Gasteiger partial charge < -0.3 is 14.5 Å². The van der Waals surface area contributed by atoms with Crippen molar-refractivity contribution in [3.05, 3.63) is 65.2 Å². The number of hydrogen-bond acceptors (Lipinski definition) is 3. The summed E-state index contributed by atoms with van der Waals surface area (Å²) in [6.07, 6.45) is 0.949. The number of carbonyl (C=O) groups excluding carboxylic acids is 2. The third-order valence-electron chi connectivity index (χ3n) is 4.97. The first kappa shape index (κ1) is 20.8. The molecule has 2 amide bonds. The minimum absolute atomic E-state index is 0.0243. The Morgan fingerprint density at radius 3 is 2.34 bits per heavy atom. The zero-order valence-electron chi connectivity index (χ0n) is 16.4. The van der Waals surface area contributed by atoms with Crippen molar-refractivity contribution in [1.82, 2.24) is 9.80 Å². The summed E-state index contributed by atoms with van der Waals surface area (Å²) >= 11 is 0. The van der Waals surface area contributed by atoms with Crippen LogP contribution in [0.3, 0.4) is 0 Å². The summed E-state index contributed by atoms with van der Waals surface area (Å²) in [4.78, 5) is 28.3. The van der Waals surface area contributed by atoms with Crippen LogP contribution < -0.4 is 4.74 Å². The van der Waals surface area contributed by atoms with Crippen LogP contribution in [0.1, 0.15) is 29.3 Å². The molecular formula is C22H24F2N2O3. The molecule has 5 nitrogen and oxygen atoms in total. The predicted octanol–water partition coefficient (Wildman–Crippen LogP) is 3.28. The van der Waals surface area contributed by atoms with Crippen LogP contribution in [0.2, 0.25) is 0 Å². The van der Waals surface area contributed by atoms with E-state index in [-0.39, 0.29) is 17.4 Å². The Morgan fingerprint density at radius 2 is 1.66 bits per heavy atom. The molecule has 2 aromatic rings. The fourth-order valence-corrected chi connectivity index (χ4v) is 3.38. The van der Waals surface area contributed by atoms with Gasteiger partial charge in [-0.2, -0.15) is 0 Å². The molecule has 0 bridgehead atoms. The van der Waals surface area contributed by atoms with E-state index in [9.17, 15) is 18.4 Å². The Labute approximate surface area is 168 Å². The van der Waals surface area contributed by atoms with Crippen LogP contribution >= 0.6 is 0 Å². The molecule has 3 rings (SSSR count). The number of rotatable bonds is 6. The van der Waals surface area contributed by atoms with Gasteiger partial charge in [-0.05, 0) is 43.2 Å². The lowest BCUT2D eigenvalue weighted by Gasteiger charge is -2.35. The van der Waals surface area contributed by atoms with Crippen molar-refractivity contribution in [2.45, 2.75) is 19.8 Å². The number of ether oxygens (including phenoxy) is 1. The molecule has 0 unspecified atom stereocenters. The molecule has 2 aromatic carbocycles. The molecule has 154 valence electrons. The summed E-state index contributed by atoms with van der Waals surface area (Å²) in [6.45, 7) is 4.04. The van der Waals surface area contributed by atoms with E-state index >= 15 is 0 Å². The number of para-hydroxylation sites is 1. The number of carbonyl (C=O) groups is 2. The molecule has 29 heavy (non-hydrogen) atoms. The highest BCUT2D eigenvalue weighted by atomic mass is 19.2. The number of hydrogen-bond donors (Lipinski definition) is 0. The Kier molecular flexibility index (Phi) is 6.80. The van der Waals surface area contributed by atoms with Crippen LogP contribution in [0.25, 0.3) is 0 Å². The molecule has 0 aliphatic carbocycles. The van der Waals surface area contributed by atoms with Gasteiger partial charge in [0.25, 0.3) is 5.91 Å². The SMILES string of the molecule is CCOc1ccccc1CCC(=O)N1CCN(C(=O)c2ccc(F)c(F)c2)CC1. The van der Waals surface area contributed by atoms with Crippen molar-refractivity contribution >= 4 is 11.8 Å². The minimum Gasteiger partial charge on any atom is -0.494 e. The van der Waals surface area contributed by atoms with Crippen LogP contribution in [-0.4, -0.2) is 54.4 Å². The van der Waals surface area contributed by atoms with E-state index in [1.54, 1.807) is 9.80 Å². The van der Waals surface area contributed by atoms with Crippen molar-refractivity contribution in [2.75, 3.05) is 32.8 Å². The third-order valence-corrected chi connectivity index (χ3v) is 4.97. The lowest BCUT2D eigenvalue weighted by Crippen LogP contribution is -2.50. The normalized spacial score (nSPS) is 14.0. The zero-order chi connectivity index (χ0) is 20.8. The van der Waals surface area contributed by atoms with Crippen LogP contribution in [0.4, 0.5) is 8.78 Å². The Balaban J connectivity index is 1.52. The summed E-state index contributed by atoms with van der Waals surface area (Å²) in [5.41, 5.74) is 1.10. The first-order valence-electron chi connectivity index (χ1n) is 9.72. The Bertz CT molecular complexity index is 880. The van der Waals surface area contributed by atoms with Crippen molar-refractivity contribution < 1.29 is 23.1 Å². The number of aryl methyl sites for hydroxylation is 1. The van der Waals surface area contributed by atoms with Gasteiger partial charge in [0, 0.05) is 38.2 Å². The van der Waals surface area contributed by atoms with Crippen molar-refractivity contribution in [2.24, 2.45) is 0 Å². The lowest BCUT2D eigenvalue weighted by molar-refractivity contribution is -0.132. The van der Waals surface area contributed by atoms with Gasteiger partial charge in [-0.25, -0.2) is 8.78 Å². The van der Waals surface area contributed by atoms with Crippen molar-refractivity contribution in [3.8, 4) is 5.75 Å². The van der Waals surface area contributed by atoms with Crippen LogP contribution in [0.5, 0.6) is 5.75 Å². The van der Waals surface area contributed by atoms with Gasteiger partial charge in [0.2, 0.25) is 5.91 Å². The van der Waals surface area contributed by atoms with E-state index in [0.717, 1.165) is 23.4 Å². The van der Waals surface area contributed by atoms with E-state index in [1.807, 2.05) is 31.2 Å².